The van der Waals surface area contributed by atoms with E-state index >= 15 is 0 Å². The van der Waals surface area contributed by atoms with E-state index in [1.165, 1.54) is 23.1 Å². The highest BCUT2D eigenvalue weighted by Gasteiger charge is 2.34. The van der Waals surface area contributed by atoms with Crippen LogP contribution in [-0.4, -0.2) is 35.4 Å². The van der Waals surface area contributed by atoms with Crippen LogP contribution in [0.2, 0.25) is 0 Å². The molecule has 2 aromatic rings. The number of aliphatic hydroxyl groups excluding tert-OH is 2. The number of rotatable bonds is 4. The Labute approximate surface area is 133 Å². The molecule has 0 spiro atoms. The maximum absolute atomic E-state index is 13.5. The Morgan fingerprint density at radius 3 is 2.65 bits per heavy atom. The lowest BCUT2D eigenvalue weighted by Gasteiger charge is -2.36. The maximum Gasteiger partial charge on any atom is 0.254 e. The van der Waals surface area contributed by atoms with Crippen LogP contribution in [0.25, 0.3) is 0 Å². The highest BCUT2D eigenvalue weighted by Crippen LogP contribution is 2.37. The van der Waals surface area contributed by atoms with Crippen molar-refractivity contribution in [1.29, 1.82) is 0 Å². The van der Waals surface area contributed by atoms with Crippen LogP contribution in [0.15, 0.2) is 48.5 Å². The number of hydrogen-bond donors (Lipinski definition) is 3. The standard InChI is InChI=1S/C17H17FN2O3/c18-12-6-7-15-14(8-12)19-16(11-4-2-1-3-5-11)17(23)20(15)9-13(22)10-21/h1-8,13,16,19,21-22H,9-10H2. The van der Waals surface area contributed by atoms with Crippen LogP contribution in [-0.2, 0) is 4.79 Å². The minimum absolute atomic E-state index is 0.0566. The summed E-state index contributed by atoms with van der Waals surface area (Å²) in [5, 5.41) is 21.8. The molecule has 3 N–H and O–H groups in total. The molecule has 2 unspecified atom stereocenters. The van der Waals surface area contributed by atoms with Crippen LogP contribution in [0.5, 0.6) is 0 Å². The van der Waals surface area contributed by atoms with Gasteiger partial charge in [0.25, 0.3) is 5.91 Å². The fourth-order valence-corrected chi connectivity index (χ4v) is 2.68. The van der Waals surface area contributed by atoms with Gasteiger partial charge in [0, 0.05) is 0 Å². The van der Waals surface area contributed by atoms with Crippen LogP contribution in [0.3, 0.4) is 0 Å². The van der Waals surface area contributed by atoms with Gasteiger partial charge in [-0.1, -0.05) is 30.3 Å². The van der Waals surface area contributed by atoms with Gasteiger partial charge in [-0.25, -0.2) is 4.39 Å². The summed E-state index contributed by atoms with van der Waals surface area (Å²) in [6, 6.07) is 12.5. The van der Waals surface area contributed by atoms with Gasteiger partial charge in [0.15, 0.2) is 0 Å². The second kappa shape index (κ2) is 6.36. The predicted octanol–water partition coefficient (Wildman–Crippen LogP) is 1.68. The van der Waals surface area contributed by atoms with E-state index in [9.17, 15) is 14.3 Å². The quantitative estimate of drug-likeness (QED) is 0.802. The van der Waals surface area contributed by atoms with Crippen molar-refractivity contribution in [1.82, 2.24) is 0 Å². The molecule has 1 aliphatic rings. The molecule has 0 saturated carbocycles. The Balaban J connectivity index is 2.02. The van der Waals surface area contributed by atoms with E-state index in [4.69, 9.17) is 5.11 Å². The largest absolute Gasteiger partial charge is 0.394 e. The molecule has 1 heterocycles. The number of benzene rings is 2. The Morgan fingerprint density at radius 2 is 1.96 bits per heavy atom. The highest BCUT2D eigenvalue weighted by molar-refractivity contribution is 6.05. The monoisotopic (exact) mass is 316 g/mol. The van der Waals surface area contributed by atoms with Gasteiger partial charge in [0.1, 0.15) is 11.9 Å². The second-order valence-electron chi connectivity index (χ2n) is 5.43. The molecular formula is C17H17FN2O3. The van der Waals surface area contributed by atoms with Gasteiger partial charge in [-0.15, -0.1) is 0 Å². The van der Waals surface area contributed by atoms with E-state index in [0.717, 1.165) is 5.56 Å². The Hall–Kier alpha value is -2.44. The summed E-state index contributed by atoms with van der Waals surface area (Å²) < 4.78 is 13.5. The topological polar surface area (TPSA) is 72.8 Å². The lowest BCUT2D eigenvalue weighted by atomic mass is 10.0. The second-order valence-corrected chi connectivity index (χ2v) is 5.43. The Morgan fingerprint density at radius 1 is 1.22 bits per heavy atom. The first-order valence-corrected chi connectivity index (χ1v) is 7.31. The van der Waals surface area contributed by atoms with Crippen molar-refractivity contribution < 1.29 is 19.4 Å². The molecule has 5 nitrogen and oxygen atoms in total. The first-order valence-electron chi connectivity index (χ1n) is 7.31. The zero-order valence-corrected chi connectivity index (χ0v) is 12.3. The van der Waals surface area contributed by atoms with E-state index in [0.29, 0.717) is 11.4 Å². The van der Waals surface area contributed by atoms with E-state index in [1.807, 2.05) is 18.2 Å². The minimum Gasteiger partial charge on any atom is -0.394 e. The zero-order valence-electron chi connectivity index (χ0n) is 12.3. The van der Waals surface area contributed by atoms with Crippen molar-refractivity contribution in [2.24, 2.45) is 0 Å². The maximum atomic E-state index is 13.5. The van der Waals surface area contributed by atoms with Crippen LogP contribution in [0.4, 0.5) is 15.8 Å². The molecule has 0 radical (unpaired) electrons. The first-order chi connectivity index (χ1) is 11.1. The fourth-order valence-electron chi connectivity index (χ4n) is 2.68. The zero-order chi connectivity index (χ0) is 16.4. The van der Waals surface area contributed by atoms with Gasteiger partial charge in [0.05, 0.1) is 30.6 Å². The lowest BCUT2D eigenvalue weighted by Crippen LogP contribution is -2.46. The van der Waals surface area contributed by atoms with Gasteiger partial charge in [-0.2, -0.15) is 0 Å². The van der Waals surface area contributed by atoms with Crippen molar-refractivity contribution in [3.05, 3.63) is 59.9 Å². The van der Waals surface area contributed by atoms with E-state index in [-0.39, 0.29) is 12.5 Å². The summed E-state index contributed by atoms with van der Waals surface area (Å²) in [4.78, 5) is 14.2. The van der Waals surface area contributed by atoms with Crippen molar-refractivity contribution >= 4 is 17.3 Å². The van der Waals surface area contributed by atoms with Crippen molar-refractivity contribution in [3.8, 4) is 0 Å². The third kappa shape index (κ3) is 3.04. The number of β-amino-alcohol motifs (C(OH)–C–C–N with tert-alkyl or cyclic N) is 1. The normalized spacial score (nSPS) is 18.3. The molecule has 0 aromatic heterocycles. The number of nitrogens with zero attached hydrogens (tertiary/aromatic N) is 1. The smallest absolute Gasteiger partial charge is 0.254 e. The van der Waals surface area contributed by atoms with E-state index in [2.05, 4.69) is 5.32 Å². The number of hydrogen-bond acceptors (Lipinski definition) is 4. The molecule has 6 heteroatoms. The average molecular weight is 316 g/mol. The first kappa shape index (κ1) is 15.5. The van der Waals surface area contributed by atoms with Gasteiger partial charge in [-0.05, 0) is 23.8 Å². The molecule has 2 aromatic carbocycles. The third-order valence-corrected chi connectivity index (χ3v) is 3.80. The number of aliphatic hydroxyl groups is 2. The van der Waals surface area contributed by atoms with Gasteiger partial charge in [-0.3, -0.25) is 4.79 Å². The number of carbonyl (C=O) groups excluding carboxylic acids is 1. The molecule has 1 amide bonds. The lowest BCUT2D eigenvalue weighted by molar-refractivity contribution is -0.120. The molecule has 3 rings (SSSR count). The molecule has 0 fully saturated rings. The number of nitrogens with one attached hydrogen (secondary N) is 1. The number of halogens is 1. The molecule has 0 bridgehead atoms. The van der Waals surface area contributed by atoms with E-state index in [1.54, 1.807) is 12.1 Å². The number of anilines is 2. The minimum atomic E-state index is -1.06. The van der Waals surface area contributed by atoms with Crippen LogP contribution < -0.4 is 10.2 Å². The fraction of sp³-hybridized carbons (Fsp3) is 0.235. The number of amides is 1. The number of carbonyl (C=O) groups is 1. The molecule has 1 aliphatic heterocycles. The summed E-state index contributed by atoms with van der Waals surface area (Å²) in [5.41, 5.74) is 1.70. The molecule has 0 aliphatic carbocycles. The summed E-state index contributed by atoms with van der Waals surface area (Å²) in [6.07, 6.45) is -1.06. The van der Waals surface area contributed by atoms with Crippen molar-refractivity contribution in [3.63, 3.8) is 0 Å². The third-order valence-electron chi connectivity index (χ3n) is 3.80. The molecule has 0 saturated heterocycles. The SMILES string of the molecule is O=C1C(c2ccccc2)Nc2cc(F)ccc2N1CC(O)CO. The Kier molecular flexibility index (Phi) is 4.27. The van der Waals surface area contributed by atoms with Crippen LogP contribution in [0, 0.1) is 5.82 Å². The number of fused-ring (bicyclic) bond motifs is 1. The van der Waals surface area contributed by atoms with Crippen LogP contribution in [0.1, 0.15) is 11.6 Å². The molecular weight excluding hydrogens is 299 g/mol. The highest BCUT2D eigenvalue weighted by atomic mass is 19.1. The van der Waals surface area contributed by atoms with Gasteiger partial charge >= 0.3 is 0 Å². The predicted molar refractivity (Wildman–Crippen MR) is 84.7 cm³/mol. The Bertz CT molecular complexity index is 708. The van der Waals surface area contributed by atoms with Gasteiger partial charge in [0.2, 0.25) is 0 Å². The molecule has 23 heavy (non-hydrogen) atoms. The molecule has 120 valence electrons. The van der Waals surface area contributed by atoms with Gasteiger partial charge < -0.3 is 20.4 Å². The molecule has 2 atom stereocenters. The average Bonchev–Trinajstić information content (AvgIpc) is 2.57. The summed E-state index contributed by atoms with van der Waals surface area (Å²) >= 11 is 0. The van der Waals surface area contributed by atoms with Crippen molar-refractivity contribution in [2.75, 3.05) is 23.4 Å². The van der Waals surface area contributed by atoms with E-state index < -0.39 is 24.6 Å². The van der Waals surface area contributed by atoms with Crippen LogP contribution >= 0.6 is 0 Å². The summed E-state index contributed by atoms with van der Waals surface area (Å²) in [5.74, 6) is -0.678. The summed E-state index contributed by atoms with van der Waals surface area (Å²) in [6.45, 7) is -0.511. The van der Waals surface area contributed by atoms with Crippen molar-refractivity contribution in [2.45, 2.75) is 12.1 Å². The summed E-state index contributed by atoms with van der Waals surface area (Å²) in [7, 11) is 0.